The van der Waals surface area contributed by atoms with Crippen molar-refractivity contribution < 1.29 is 4.74 Å². The predicted octanol–water partition coefficient (Wildman–Crippen LogP) is 1.61. The summed E-state index contributed by atoms with van der Waals surface area (Å²) in [5.74, 6) is 0.639. The fourth-order valence-electron chi connectivity index (χ4n) is 1.64. The zero-order chi connectivity index (χ0) is 13.0. The van der Waals surface area contributed by atoms with E-state index < -0.39 is 0 Å². The number of aryl methyl sites for hydroxylation is 1. The number of hydrogen-bond acceptors (Lipinski definition) is 5. The second-order valence-electron chi connectivity index (χ2n) is 3.80. The predicted molar refractivity (Wildman–Crippen MR) is 69.2 cm³/mol. The van der Waals surface area contributed by atoms with Gasteiger partial charge in [-0.2, -0.15) is 0 Å². The number of anilines is 1. The molecule has 1 aromatic heterocycles. The average Bonchev–Trinajstić information content (AvgIpc) is 2.78. The fourth-order valence-corrected chi connectivity index (χ4v) is 1.82. The first-order chi connectivity index (χ1) is 8.72. The minimum absolute atomic E-state index is 0.560. The van der Waals surface area contributed by atoms with Crippen LogP contribution in [0.2, 0.25) is 5.02 Å². The Hall–Kier alpha value is -1.66. The highest BCUT2D eigenvalue weighted by molar-refractivity contribution is 6.31. The van der Waals surface area contributed by atoms with Crippen molar-refractivity contribution in [3.63, 3.8) is 0 Å². The second kappa shape index (κ2) is 5.79. The molecule has 0 saturated heterocycles. The summed E-state index contributed by atoms with van der Waals surface area (Å²) in [5, 5.41) is 12.2. The molecule has 0 unspecified atom stereocenters. The third kappa shape index (κ3) is 2.77. The van der Waals surface area contributed by atoms with E-state index in [4.69, 9.17) is 22.1 Å². The molecule has 0 bridgehead atoms. The molecule has 2 N–H and O–H groups in total. The number of nitrogens with zero attached hydrogens (tertiary/aromatic N) is 4. The molecule has 1 aromatic carbocycles. The maximum absolute atomic E-state index is 5.92. The number of rotatable bonds is 5. The number of ether oxygens (including phenoxy) is 1. The second-order valence-corrected chi connectivity index (χ2v) is 4.24. The zero-order valence-electron chi connectivity index (χ0n) is 10.0. The van der Waals surface area contributed by atoms with Crippen molar-refractivity contribution >= 4 is 17.3 Å². The lowest BCUT2D eigenvalue weighted by atomic mass is 10.1. The van der Waals surface area contributed by atoms with Gasteiger partial charge in [-0.3, -0.25) is 0 Å². The number of halogens is 1. The van der Waals surface area contributed by atoms with E-state index in [2.05, 4.69) is 15.5 Å². The normalized spacial score (nSPS) is 10.8. The van der Waals surface area contributed by atoms with Crippen LogP contribution in [0.25, 0.3) is 11.4 Å². The molecule has 0 spiro atoms. The smallest absolute Gasteiger partial charge is 0.184 e. The zero-order valence-corrected chi connectivity index (χ0v) is 10.8. The van der Waals surface area contributed by atoms with E-state index >= 15 is 0 Å². The Kier molecular flexibility index (Phi) is 4.11. The summed E-state index contributed by atoms with van der Waals surface area (Å²) in [6.07, 6.45) is 0.835. The lowest BCUT2D eigenvalue weighted by molar-refractivity contribution is 0.189. The van der Waals surface area contributed by atoms with E-state index in [-0.39, 0.29) is 0 Å². The quantitative estimate of drug-likeness (QED) is 0.658. The van der Waals surface area contributed by atoms with Crippen molar-refractivity contribution in [1.82, 2.24) is 20.2 Å². The van der Waals surface area contributed by atoms with Gasteiger partial charge in [0.05, 0.1) is 0 Å². The number of benzene rings is 1. The molecule has 0 aliphatic rings. The molecule has 1 heterocycles. The molecule has 18 heavy (non-hydrogen) atoms. The van der Waals surface area contributed by atoms with E-state index in [1.54, 1.807) is 23.9 Å². The molecule has 0 atom stereocenters. The molecular weight excluding hydrogens is 254 g/mol. The summed E-state index contributed by atoms with van der Waals surface area (Å²) in [4.78, 5) is 0. The standard InChI is InChI=1S/C11H14ClN5O/c1-18-6-2-5-17-11(14-15-16-17)9-4-3-8(12)7-10(9)13/h3-4,7H,2,5-6,13H2,1H3. The van der Waals surface area contributed by atoms with Gasteiger partial charge < -0.3 is 10.5 Å². The number of hydrogen-bond donors (Lipinski definition) is 1. The minimum Gasteiger partial charge on any atom is -0.398 e. The van der Waals surface area contributed by atoms with Gasteiger partial charge in [-0.1, -0.05) is 11.6 Å². The van der Waals surface area contributed by atoms with Gasteiger partial charge >= 0.3 is 0 Å². The Morgan fingerprint density at radius 3 is 3.00 bits per heavy atom. The van der Waals surface area contributed by atoms with Gasteiger partial charge in [-0.05, 0) is 35.0 Å². The van der Waals surface area contributed by atoms with E-state index in [9.17, 15) is 0 Å². The lowest BCUT2D eigenvalue weighted by Crippen LogP contribution is -2.06. The Morgan fingerprint density at radius 1 is 1.44 bits per heavy atom. The van der Waals surface area contributed by atoms with Gasteiger partial charge in [0.1, 0.15) is 0 Å². The largest absolute Gasteiger partial charge is 0.398 e. The summed E-state index contributed by atoms with van der Waals surface area (Å²) < 4.78 is 6.71. The molecule has 6 nitrogen and oxygen atoms in total. The van der Waals surface area contributed by atoms with Crippen LogP contribution in [-0.2, 0) is 11.3 Å². The van der Waals surface area contributed by atoms with Crippen molar-refractivity contribution in [2.75, 3.05) is 19.5 Å². The van der Waals surface area contributed by atoms with Gasteiger partial charge in [0, 0.05) is 36.5 Å². The van der Waals surface area contributed by atoms with Crippen molar-refractivity contribution in [2.24, 2.45) is 0 Å². The van der Waals surface area contributed by atoms with Crippen molar-refractivity contribution in [1.29, 1.82) is 0 Å². The molecule has 0 radical (unpaired) electrons. The molecule has 96 valence electrons. The molecule has 0 fully saturated rings. The van der Waals surface area contributed by atoms with Crippen LogP contribution < -0.4 is 5.73 Å². The Labute approximate surface area is 110 Å². The highest BCUT2D eigenvalue weighted by atomic mass is 35.5. The van der Waals surface area contributed by atoms with Gasteiger partial charge in [0.15, 0.2) is 5.82 Å². The van der Waals surface area contributed by atoms with Gasteiger partial charge in [0.25, 0.3) is 0 Å². The Morgan fingerprint density at radius 2 is 2.28 bits per heavy atom. The summed E-state index contributed by atoms with van der Waals surface area (Å²) in [7, 11) is 1.66. The fraction of sp³-hybridized carbons (Fsp3) is 0.364. The highest BCUT2D eigenvalue weighted by Crippen LogP contribution is 2.26. The first-order valence-electron chi connectivity index (χ1n) is 5.53. The van der Waals surface area contributed by atoms with Crippen LogP contribution in [-0.4, -0.2) is 33.9 Å². The maximum Gasteiger partial charge on any atom is 0.184 e. The molecule has 0 aliphatic carbocycles. The minimum atomic E-state index is 0.560. The number of nitrogen functional groups attached to an aromatic ring is 1. The first-order valence-corrected chi connectivity index (χ1v) is 5.90. The number of tetrazole rings is 1. The summed E-state index contributed by atoms with van der Waals surface area (Å²) in [6.45, 7) is 1.34. The van der Waals surface area contributed by atoms with Crippen LogP contribution in [0, 0.1) is 0 Å². The third-order valence-electron chi connectivity index (χ3n) is 2.50. The van der Waals surface area contributed by atoms with E-state index in [1.807, 2.05) is 6.07 Å². The third-order valence-corrected chi connectivity index (χ3v) is 2.74. The SMILES string of the molecule is COCCCn1nnnc1-c1ccc(Cl)cc1N. The van der Waals surface area contributed by atoms with Crippen molar-refractivity contribution in [2.45, 2.75) is 13.0 Å². The van der Waals surface area contributed by atoms with Crippen LogP contribution >= 0.6 is 11.6 Å². The Bertz CT molecular complexity index is 528. The van der Waals surface area contributed by atoms with Gasteiger partial charge in [-0.15, -0.1) is 5.10 Å². The molecule has 0 amide bonds. The van der Waals surface area contributed by atoms with Crippen LogP contribution in [0.3, 0.4) is 0 Å². The molecule has 2 aromatic rings. The molecule has 0 saturated carbocycles. The van der Waals surface area contributed by atoms with Crippen LogP contribution in [0.15, 0.2) is 18.2 Å². The van der Waals surface area contributed by atoms with E-state index in [1.165, 1.54) is 0 Å². The summed E-state index contributed by atoms with van der Waals surface area (Å²) in [5.41, 5.74) is 7.26. The van der Waals surface area contributed by atoms with Crippen LogP contribution in [0.5, 0.6) is 0 Å². The molecule has 0 aliphatic heterocycles. The molecule has 2 rings (SSSR count). The van der Waals surface area contributed by atoms with Crippen molar-refractivity contribution in [3.8, 4) is 11.4 Å². The van der Waals surface area contributed by atoms with E-state index in [0.29, 0.717) is 29.7 Å². The van der Waals surface area contributed by atoms with Gasteiger partial charge in [-0.25, -0.2) is 4.68 Å². The first kappa shape index (κ1) is 12.8. The van der Waals surface area contributed by atoms with E-state index in [0.717, 1.165) is 12.0 Å². The number of aromatic nitrogens is 4. The summed E-state index contributed by atoms with van der Waals surface area (Å²) >= 11 is 5.87. The Balaban J connectivity index is 2.25. The number of nitrogens with two attached hydrogens (primary N) is 1. The topological polar surface area (TPSA) is 78.8 Å². The maximum atomic E-state index is 5.92. The average molecular weight is 268 g/mol. The van der Waals surface area contributed by atoms with Crippen molar-refractivity contribution in [3.05, 3.63) is 23.2 Å². The van der Waals surface area contributed by atoms with Gasteiger partial charge in [0.2, 0.25) is 0 Å². The molecule has 7 heteroatoms. The van der Waals surface area contributed by atoms with Crippen LogP contribution in [0.1, 0.15) is 6.42 Å². The number of methoxy groups -OCH3 is 1. The van der Waals surface area contributed by atoms with Crippen LogP contribution in [0.4, 0.5) is 5.69 Å². The highest BCUT2D eigenvalue weighted by Gasteiger charge is 2.11. The summed E-state index contributed by atoms with van der Waals surface area (Å²) in [6, 6.07) is 5.27. The molecular formula is C11H14ClN5O. The lowest BCUT2D eigenvalue weighted by Gasteiger charge is -2.07. The monoisotopic (exact) mass is 267 g/mol.